The lowest BCUT2D eigenvalue weighted by atomic mass is 10.0. The standard InChI is InChI=1S/C69H121NO3/c1-3-5-7-9-11-13-15-17-19-21-23-25-27-29-31-33-35-37-39-41-43-45-47-49-51-53-55-57-59-61-63-65-69(73)70-67(66-71)68(72)64-62-60-58-56-54-52-50-48-46-44-42-40-38-36-34-32-30-28-26-24-22-20-18-16-14-12-10-8-6-4-2/h5,7,11,13,17,19,23,25,29,31,35,37,46,48,54,56,62,64,67-68,71-72H,3-4,6,8-10,12,14-16,18,20-22,24,26-28,30,32-34,36,38-45,47,49-53,55,57-61,63,65-66H2,1-2H3,(H,70,73)/b7-5-,13-11-,19-17-,25-23-,31-29-,37-35-,48-46+,56-54+,64-62+. The van der Waals surface area contributed by atoms with E-state index >= 15 is 0 Å². The number of unbranched alkanes of at least 4 members (excludes halogenated alkanes) is 34. The Morgan fingerprint density at radius 3 is 0.959 bits per heavy atom. The summed E-state index contributed by atoms with van der Waals surface area (Å²) >= 11 is 0. The van der Waals surface area contributed by atoms with Gasteiger partial charge in [-0.05, 0) is 96.3 Å². The molecular weight excluding hydrogens is 891 g/mol. The van der Waals surface area contributed by atoms with Crippen LogP contribution in [0.3, 0.4) is 0 Å². The summed E-state index contributed by atoms with van der Waals surface area (Å²) in [4.78, 5) is 12.5. The molecule has 0 aromatic heterocycles. The molecule has 0 rings (SSSR count). The van der Waals surface area contributed by atoms with Gasteiger partial charge in [0.15, 0.2) is 0 Å². The van der Waals surface area contributed by atoms with Gasteiger partial charge in [0.25, 0.3) is 0 Å². The largest absolute Gasteiger partial charge is 0.394 e. The maximum absolute atomic E-state index is 12.5. The Hall–Kier alpha value is -2.95. The molecule has 0 fully saturated rings. The minimum absolute atomic E-state index is 0.0819. The fourth-order valence-electron chi connectivity index (χ4n) is 9.22. The second kappa shape index (κ2) is 63.3. The first-order chi connectivity index (χ1) is 36.2. The Balaban J connectivity index is 3.57. The lowest BCUT2D eigenvalue weighted by Gasteiger charge is -2.19. The fraction of sp³-hybridized carbons (Fsp3) is 0.725. The number of aliphatic hydroxyl groups excluding tert-OH is 2. The molecule has 0 bridgehead atoms. The number of nitrogens with one attached hydrogen (secondary N) is 1. The van der Waals surface area contributed by atoms with Crippen LogP contribution in [0.1, 0.15) is 303 Å². The first-order valence-corrected chi connectivity index (χ1v) is 31.6. The summed E-state index contributed by atoms with van der Waals surface area (Å²) in [7, 11) is 0. The van der Waals surface area contributed by atoms with Crippen molar-refractivity contribution in [3.63, 3.8) is 0 Å². The topological polar surface area (TPSA) is 69.6 Å². The molecule has 0 saturated carbocycles. The van der Waals surface area contributed by atoms with E-state index < -0.39 is 12.1 Å². The zero-order valence-electron chi connectivity index (χ0n) is 48.4. The van der Waals surface area contributed by atoms with E-state index in [2.05, 4.69) is 116 Å². The van der Waals surface area contributed by atoms with Crippen LogP contribution < -0.4 is 5.32 Å². The van der Waals surface area contributed by atoms with Crippen LogP contribution in [0.2, 0.25) is 0 Å². The molecule has 420 valence electrons. The van der Waals surface area contributed by atoms with E-state index in [0.29, 0.717) is 6.42 Å². The lowest BCUT2D eigenvalue weighted by Crippen LogP contribution is -2.45. The van der Waals surface area contributed by atoms with Crippen LogP contribution >= 0.6 is 0 Å². The normalized spacial score (nSPS) is 13.5. The summed E-state index contributed by atoms with van der Waals surface area (Å²) < 4.78 is 0. The number of rotatable bonds is 57. The van der Waals surface area contributed by atoms with Crippen molar-refractivity contribution >= 4 is 5.91 Å². The van der Waals surface area contributed by atoms with Crippen LogP contribution in [0.5, 0.6) is 0 Å². The smallest absolute Gasteiger partial charge is 0.220 e. The third kappa shape index (κ3) is 59.8. The zero-order valence-corrected chi connectivity index (χ0v) is 48.4. The Labute approximate surface area is 455 Å². The zero-order chi connectivity index (χ0) is 52.7. The van der Waals surface area contributed by atoms with E-state index in [1.54, 1.807) is 6.08 Å². The second-order valence-corrected chi connectivity index (χ2v) is 21.1. The number of amides is 1. The van der Waals surface area contributed by atoms with Gasteiger partial charge in [-0.15, -0.1) is 0 Å². The van der Waals surface area contributed by atoms with Crippen molar-refractivity contribution in [2.45, 2.75) is 315 Å². The summed E-state index contributed by atoms with van der Waals surface area (Å²) in [6, 6.07) is -0.655. The molecule has 0 aliphatic rings. The van der Waals surface area contributed by atoms with Gasteiger partial charge in [-0.2, -0.15) is 0 Å². The van der Waals surface area contributed by atoms with E-state index in [4.69, 9.17) is 0 Å². The van der Waals surface area contributed by atoms with Crippen LogP contribution in [-0.4, -0.2) is 34.9 Å². The van der Waals surface area contributed by atoms with Gasteiger partial charge in [0, 0.05) is 6.42 Å². The van der Waals surface area contributed by atoms with Gasteiger partial charge in [-0.3, -0.25) is 4.79 Å². The van der Waals surface area contributed by atoms with Crippen LogP contribution in [0, 0.1) is 0 Å². The molecule has 0 aliphatic heterocycles. The summed E-state index contributed by atoms with van der Waals surface area (Å²) in [6.45, 7) is 4.20. The lowest BCUT2D eigenvalue weighted by molar-refractivity contribution is -0.123. The summed E-state index contributed by atoms with van der Waals surface area (Å²) in [5.41, 5.74) is 0. The highest BCUT2D eigenvalue weighted by Gasteiger charge is 2.18. The van der Waals surface area contributed by atoms with E-state index in [1.165, 1.54) is 205 Å². The highest BCUT2D eigenvalue weighted by molar-refractivity contribution is 5.76. The quantitative estimate of drug-likeness (QED) is 0.0420. The predicted octanol–water partition coefficient (Wildman–Crippen LogP) is 21.4. The summed E-state index contributed by atoms with van der Waals surface area (Å²) in [5, 5.41) is 23.2. The highest BCUT2D eigenvalue weighted by atomic mass is 16.3. The third-order valence-corrected chi connectivity index (χ3v) is 14.0. The van der Waals surface area contributed by atoms with Crippen LogP contribution in [0.15, 0.2) is 109 Å². The Bertz CT molecular complexity index is 1380. The van der Waals surface area contributed by atoms with E-state index in [1.807, 2.05) is 6.08 Å². The molecule has 0 saturated heterocycles. The van der Waals surface area contributed by atoms with Crippen molar-refractivity contribution in [2.75, 3.05) is 6.61 Å². The average molecular weight is 1010 g/mol. The third-order valence-electron chi connectivity index (χ3n) is 14.0. The molecule has 4 heteroatoms. The van der Waals surface area contributed by atoms with Crippen molar-refractivity contribution in [3.05, 3.63) is 109 Å². The van der Waals surface area contributed by atoms with E-state index in [-0.39, 0.29) is 12.5 Å². The molecule has 1 amide bonds. The van der Waals surface area contributed by atoms with Crippen LogP contribution in [0.4, 0.5) is 0 Å². The van der Waals surface area contributed by atoms with Gasteiger partial charge in [0.2, 0.25) is 5.91 Å². The first-order valence-electron chi connectivity index (χ1n) is 31.6. The SMILES string of the molecule is CC/C=C\C/C=C\C/C=C\C/C=C\C/C=C\C/C=C\CCCCCCCCCCCCCCC(=O)NC(CO)C(O)/C=C/CC/C=C/CC/C=C/CCCCCCCCCCCCCCCCCCCCCC. The van der Waals surface area contributed by atoms with Crippen LogP contribution in [-0.2, 0) is 4.79 Å². The van der Waals surface area contributed by atoms with Crippen molar-refractivity contribution < 1.29 is 15.0 Å². The maximum atomic E-state index is 12.5. The average Bonchev–Trinajstić information content (AvgIpc) is 3.40. The molecule has 2 atom stereocenters. The minimum Gasteiger partial charge on any atom is -0.394 e. The van der Waals surface area contributed by atoms with E-state index in [0.717, 1.165) is 77.0 Å². The van der Waals surface area contributed by atoms with Gasteiger partial charge < -0.3 is 15.5 Å². The van der Waals surface area contributed by atoms with Crippen molar-refractivity contribution in [1.82, 2.24) is 5.32 Å². The summed E-state index contributed by atoms with van der Waals surface area (Å²) in [6.07, 6.45) is 95.7. The van der Waals surface area contributed by atoms with Gasteiger partial charge in [-0.1, -0.05) is 309 Å². The maximum Gasteiger partial charge on any atom is 0.220 e. The molecule has 0 spiro atoms. The van der Waals surface area contributed by atoms with E-state index in [9.17, 15) is 15.0 Å². The summed E-state index contributed by atoms with van der Waals surface area (Å²) in [5.74, 6) is -0.0819. The van der Waals surface area contributed by atoms with Crippen LogP contribution in [0.25, 0.3) is 0 Å². The number of carbonyl (C=O) groups excluding carboxylic acids is 1. The molecule has 3 N–H and O–H groups in total. The molecule has 0 aromatic carbocycles. The second-order valence-electron chi connectivity index (χ2n) is 21.1. The van der Waals surface area contributed by atoms with Gasteiger partial charge in [0.1, 0.15) is 0 Å². The Morgan fingerprint density at radius 1 is 0.342 bits per heavy atom. The Kier molecular flexibility index (Phi) is 60.8. The molecule has 0 radical (unpaired) electrons. The number of carbonyl (C=O) groups is 1. The number of hydrogen-bond donors (Lipinski definition) is 3. The van der Waals surface area contributed by atoms with Crippen molar-refractivity contribution in [3.8, 4) is 0 Å². The van der Waals surface area contributed by atoms with Crippen molar-refractivity contribution in [2.24, 2.45) is 0 Å². The van der Waals surface area contributed by atoms with Gasteiger partial charge in [-0.25, -0.2) is 0 Å². The molecule has 0 aromatic rings. The molecule has 0 aliphatic carbocycles. The van der Waals surface area contributed by atoms with Crippen molar-refractivity contribution in [1.29, 1.82) is 0 Å². The molecule has 2 unspecified atom stereocenters. The number of allylic oxidation sites excluding steroid dienone is 17. The number of aliphatic hydroxyl groups is 2. The number of hydrogen-bond acceptors (Lipinski definition) is 3. The molecule has 0 heterocycles. The molecule has 4 nitrogen and oxygen atoms in total. The highest BCUT2D eigenvalue weighted by Crippen LogP contribution is 2.17. The minimum atomic E-state index is -0.879. The monoisotopic (exact) mass is 1010 g/mol. The van der Waals surface area contributed by atoms with Gasteiger partial charge in [0.05, 0.1) is 18.8 Å². The predicted molar refractivity (Wildman–Crippen MR) is 326 cm³/mol. The fourth-order valence-corrected chi connectivity index (χ4v) is 9.22. The molecular formula is C69H121NO3. The molecule has 73 heavy (non-hydrogen) atoms. The van der Waals surface area contributed by atoms with Gasteiger partial charge >= 0.3 is 0 Å². The Morgan fingerprint density at radius 2 is 0.616 bits per heavy atom. The first kappa shape index (κ1) is 70.1.